The summed E-state index contributed by atoms with van der Waals surface area (Å²) in [6.07, 6.45) is 4.26. The van der Waals surface area contributed by atoms with Gasteiger partial charge < -0.3 is 15.2 Å². The average molecular weight is 407 g/mol. The van der Waals surface area contributed by atoms with Gasteiger partial charge in [-0.25, -0.2) is 4.79 Å². The van der Waals surface area contributed by atoms with Gasteiger partial charge in [0.15, 0.2) is 12.4 Å². The molecule has 0 saturated carbocycles. The molecule has 2 atom stereocenters. The molecule has 1 aliphatic rings. The number of aliphatic carboxylic acids is 1. The van der Waals surface area contributed by atoms with Crippen molar-refractivity contribution in [2.24, 2.45) is 11.8 Å². The molecule has 2 aromatic carbocycles. The third-order valence-corrected chi connectivity index (χ3v) is 4.90. The Bertz CT molecular complexity index is 965. The molecule has 1 amide bonds. The minimum atomic E-state index is -0.998. The number of carbonyl (C=O) groups is 4. The van der Waals surface area contributed by atoms with E-state index >= 15 is 0 Å². The maximum atomic E-state index is 12.5. The Kier molecular flexibility index (Phi) is 6.75. The number of esters is 1. The number of ketones is 1. The highest BCUT2D eigenvalue weighted by atomic mass is 16.5. The van der Waals surface area contributed by atoms with Crippen molar-refractivity contribution in [2.75, 3.05) is 11.9 Å². The minimum absolute atomic E-state index is 0.234. The van der Waals surface area contributed by atoms with Crippen molar-refractivity contribution in [2.45, 2.75) is 12.8 Å². The summed E-state index contributed by atoms with van der Waals surface area (Å²) in [5.41, 5.74) is 1.13. The summed E-state index contributed by atoms with van der Waals surface area (Å²) in [5, 5.41) is 12.0. The van der Waals surface area contributed by atoms with Crippen molar-refractivity contribution in [1.82, 2.24) is 0 Å². The predicted molar refractivity (Wildman–Crippen MR) is 109 cm³/mol. The van der Waals surface area contributed by atoms with Crippen LogP contribution < -0.4 is 5.32 Å². The highest BCUT2D eigenvalue weighted by molar-refractivity contribution is 5.99. The number of amides is 1. The molecule has 0 aromatic heterocycles. The third kappa shape index (κ3) is 5.20. The van der Waals surface area contributed by atoms with Crippen molar-refractivity contribution in [3.05, 3.63) is 77.9 Å². The summed E-state index contributed by atoms with van der Waals surface area (Å²) in [7, 11) is 0. The van der Waals surface area contributed by atoms with Crippen LogP contribution >= 0.6 is 0 Å². The topological polar surface area (TPSA) is 110 Å². The molecule has 154 valence electrons. The lowest BCUT2D eigenvalue weighted by atomic mass is 9.82. The van der Waals surface area contributed by atoms with Gasteiger partial charge in [0.05, 0.1) is 17.4 Å². The van der Waals surface area contributed by atoms with Crippen LogP contribution in [0.2, 0.25) is 0 Å². The van der Waals surface area contributed by atoms with E-state index in [1.54, 1.807) is 42.5 Å². The van der Waals surface area contributed by atoms with E-state index in [1.807, 2.05) is 0 Å². The quantitative estimate of drug-likeness (QED) is 0.414. The number of anilines is 1. The zero-order valence-corrected chi connectivity index (χ0v) is 16.1. The molecule has 0 saturated heterocycles. The van der Waals surface area contributed by atoms with Crippen LogP contribution in [0, 0.1) is 11.8 Å². The van der Waals surface area contributed by atoms with Gasteiger partial charge in [-0.1, -0.05) is 42.5 Å². The van der Waals surface area contributed by atoms with Gasteiger partial charge in [-0.15, -0.1) is 0 Å². The molecular weight excluding hydrogens is 386 g/mol. The average Bonchev–Trinajstić information content (AvgIpc) is 2.78. The van der Waals surface area contributed by atoms with E-state index < -0.39 is 23.8 Å². The number of rotatable bonds is 7. The number of nitrogens with one attached hydrogen (secondary N) is 1. The molecule has 0 unspecified atom stereocenters. The first-order chi connectivity index (χ1) is 14.5. The SMILES string of the molecule is O=C(COC(=O)c1ccc(NC(=O)[C@H]2CC=CC[C@H]2C(=O)O)cc1)c1ccccc1. The second-order valence-corrected chi connectivity index (χ2v) is 6.93. The molecule has 0 spiro atoms. The molecule has 2 aromatic rings. The summed E-state index contributed by atoms with van der Waals surface area (Å²) in [4.78, 5) is 48.0. The van der Waals surface area contributed by atoms with Gasteiger partial charge in [-0.2, -0.15) is 0 Å². The van der Waals surface area contributed by atoms with Gasteiger partial charge in [0.1, 0.15) is 0 Å². The molecule has 0 radical (unpaired) electrons. The molecule has 7 heteroatoms. The Balaban J connectivity index is 1.56. The van der Waals surface area contributed by atoms with Crippen LogP contribution in [0.1, 0.15) is 33.6 Å². The van der Waals surface area contributed by atoms with Crippen LogP contribution in [0.4, 0.5) is 5.69 Å². The number of carbonyl (C=O) groups excluding carboxylic acids is 3. The number of carboxylic acids is 1. The van der Waals surface area contributed by atoms with Gasteiger partial charge in [0.25, 0.3) is 0 Å². The second kappa shape index (κ2) is 9.65. The Labute approximate surface area is 173 Å². The maximum Gasteiger partial charge on any atom is 0.338 e. The molecule has 0 bridgehead atoms. The summed E-state index contributed by atoms with van der Waals surface area (Å²) in [6, 6.07) is 14.5. The van der Waals surface area contributed by atoms with Crippen molar-refractivity contribution in [1.29, 1.82) is 0 Å². The predicted octanol–water partition coefficient (Wildman–Crippen LogP) is 3.33. The lowest BCUT2D eigenvalue weighted by Gasteiger charge is -2.24. The zero-order valence-electron chi connectivity index (χ0n) is 16.1. The Hall–Kier alpha value is -3.74. The molecule has 0 heterocycles. The van der Waals surface area contributed by atoms with Crippen molar-refractivity contribution in [3.8, 4) is 0 Å². The number of benzene rings is 2. The molecule has 30 heavy (non-hydrogen) atoms. The first-order valence-corrected chi connectivity index (χ1v) is 9.50. The lowest BCUT2D eigenvalue weighted by molar-refractivity contribution is -0.146. The van der Waals surface area contributed by atoms with Gasteiger partial charge in [-0.3, -0.25) is 14.4 Å². The first kappa shape index (κ1) is 21.0. The molecule has 7 nitrogen and oxygen atoms in total. The molecule has 2 N–H and O–H groups in total. The highest BCUT2D eigenvalue weighted by Crippen LogP contribution is 2.27. The Morgan fingerprint density at radius 2 is 1.50 bits per heavy atom. The van der Waals surface area contributed by atoms with Gasteiger partial charge >= 0.3 is 11.9 Å². The molecule has 3 rings (SSSR count). The summed E-state index contributed by atoms with van der Waals surface area (Å²) in [6.45, 7) is -0.368. The first-order valence-electron chi connectivity index (χ1n) is 9.50. The fourth-order valence-electron chi connectivity index (χ4n) is 3.22. The van der Waals surface area contributed by atoms with Crippen LogP contribution in [-0.4, -0.2) is 35.3 Å². The number of carboxylic acid groups (broad SMARTS) is 1. The van der Waals surface area contributed by atoms with E-state index in [4.69, 9.17) is 4.74 Å². The van der Waals surface area contributed by atoms with Gasteiger partial charge in [0, 0.05) is 11.3 Å². The molecular formula is C23H21NO6. The monoisotopic (exact) mass is 407 g/mol. The van der Waals surface area contributed by atoms with Crippen molar-refractivity contribution < 1.29 is 29.0 Å². The molecule has 0 aliphatic heterocycles. The second-order valence-electron chi connectivity index (χ2n) is 6.93. The molecule has 0 fully saturated rings. The van der Waals surface area contributed by atoms with E-state index in [9.17, 15) is 24.3 Å². The van der Waals surface area contributed by atoms with Crippen LogP contribution in [0.3, 0.4) is 0 Å². The van der Waals surface area contributed by atoms with Crippen LogP contribution in [0.15, 0.2) is 66.7 Å². The van der Waals surface area contributed by atoms with E-state index in [0.29, 0.717) is 24.1 Å². The van der Waals surface area contributed by atoms with E-state index in [0.717, 1.165) is 0 Å². The van der Waals surface area contributed by atoms with Crippen LogP contribution in [0.25, 0.3) is 0 Å². The summed E-state index contributed by atoms with van der Waals surface area (Å²) in [5.74, 6) is -3.74. The van der Waals surface area contributed by atoms with Crippen molar-refractivity contribution in [3.63, 3.8) is 0 Å². The van der Waals surface area contributed by atoms with Gasteiger partial charge in [-0.05, 0) is 37.1 Å². The Morgan fingerprint density at radius 1 is 0.867 bits per heavy atom. The third-order valence-electron chi connectivity index (χ3n) is 4.90. The highest BCUT2D eigenvalue weighted by Gasteiger charge is 2.33. The van der Waals surface area contributed by atoms with E-state index in [-0.39, 0.29) is 23.9 Å². The molecule has 1 aliphatic carbocycles. The van der Waals surface area contributed by atoms with Gasteiger partial charge in [0.2, 0.25) is 5.91 Å². The summed E-state index contributed by atoms with van der Waals surface area (Å²) < 4.78 is 5.05. The largest absolute Gasteiger partial charge is 0.481 e. The lowest BCUT2D eigenvalue weighted by Crippen LogP contribution is -2.34. The zero-order chi connectivity index (χ0) is 21.5. The standard InChI is InChI=1S/C23H21NO6/c25-20(15-6-2-1-3-7-15)14-30-23(29)16-10-12-17(13-11-16)24-21(26)18-8-4-5-9-19(18)22(27)28/h1-7,10-13,18-19H,8-9,14H2,(H,24,26)(H,27,28)/t18-,19+/m0/s1. The number of hydrogen-bond acceptors (Lipinski definition) is 5. The van der Waals surface area contributed by atoms with E-state index in [2.05, 4.69) is 5.32 Å². The number of allylic oxidation sites excluding steroid dienone is 2. The minimum Gasteiger partial charge on any atom is -0.481 e. The summed E-state index contributed by atoms with van der Waals surface area (Å²) >= 11 is 0. The Morgan fingerprint density at radius 3 is 2.13 bits per heavy atom. The number of ether oxygens (including phenoxy) is 1. The maximum absolute atomic E-state index is 12.5. The fraction of sp³-hybridized carbons (Fsp3) is 0.217. The normalized spacial score (nSPS) is 17.7. The number of Topliss-reactive ketones (excluding diaryl/α,β-unsaturated/α-hetero) is 1. The van der Waals surface area contributed by atoms with Crippen LogP contribution in [-0.2, 0) is 14.3 Å². The van der Waals surface area contributed by atoms with E-state index in [1.165, 1.54) is 24.3 Å². The van der Waals surface area contributed by atoms with Crippen molar-refractivity contribution >= 4 is 29.3 Å². The smallest absolute Gasteiger partial charge is 0.338 e. The fourth-order valence-corrected chi connectivity index (χ4v) is 3.22. The van der Waals surface area contributed by atoms with Crippen LogP contribution in [0.5, 0.6) is 0 Å². The number of hydrogen-bond donors (Lipinski definition) is 2.